The fourth-order valence-electron chi connectivity index (χ4n) is 3.64. The smallest absolute Gasteiger partial charge is 0.236 e. The first-order valence-corrected chi connectivity index (χ1v) is 10.7. The highest BCUT2D eigenvalue weighted by Crippen LogP contribution is 2.32. The average molecular weight is 445 g/mol. The summed E-state index contributed by atoms with van der Waals surface area (Å²) in [6.07, 6.45) is 12.1. The normalized spacial score (nSPS) is 14.3. The summed E-state index contributed by atoms with van der Waals surface area (Å²) in [6.45, 7) is 1.44. The van der Waals surface area contributed by atoms with E-state index in [1.807, 2.05) is 35.2 Å². The fraction of sp³-hybridized carbons (Fsp3) is 0.261. The first-order chi connectivity index (χ1) is 16.3. The van der Waals surface area contributed by atoms with Crippen molar-refractivity contribution in [1.82, 2.24) is 24.8 Å². The van der Waals surface area contributed by atoms with Crippen molar-refractivity contribution >= 4 is 17.6 Å². The van der Waals surface area contributed by atoms with Gasteiger partial charge in [-0.1, -0.05) is 6.07 Å². The number of amidine groups is 1. The lowest BCUT2D eigenvalue weighted by molar-refractivity contribution is -0.120. The molecule has 2 aliphatic rings. The number of nitrogens with one attached hydrogen (secondary N) is 1. The van der Waals surface area contributed by atoms with Crippen LogP contribution in [0, 0.1) is 0 Å². The monoisotopic (exact) mass is 445 g/mol. The molecule has 5 rings (SSSR count). The zero-order valence-electron chi connectivity index (χ0n) is 17.9. The Morgan fingerprint density at radius 3 is 2.97 bits per heavy atom. The number of hydrogen-bond acceptors (Lipinski definition) is 8. The Balaban J connectivity index is 1.15. The lowest BCUT2D eigenvalue weighted by Gasteiger charge is -2.26. The van der Waals surface area contributed by atoms with Gasteiger partial charge in [0.2, 0.25) is 18.6 Å². The quantitative estimate of drug-likeness (QED) is 0.567. The largest absolute Gasteiger partial charge is 0.454 e. The van der Waals surface area contributed by atoms with Crippen LogP contribution in [0.1, 0.15) is 18.4 Å². The average Bonchev–Trinajstić information content (AvgIpc) is 3.55. The van der Waals surface area contributed by atoms with Crippen molar-refractivity contribution in [3.8, 4) is 17.4 Å². The van der Waals surface area contributed by atoms with E-state index in [1.54, 1.807) is 35.7 Å². The zero-order valence-corrected chi connectivity index (χ0v) is 17.9. The minimum atomic E-state index is -0.0188. The summed E-state index contributed by atoms with van der Waals surface area (Å²) in [5.41, 5.74) is 1.09. The molecule has 0 bridgehead atoms. The van der Waals surface area contributed by atoms with Gasteiger partial charge >= 0.3 is 0 Å². The van der Waals surface area contributed by atoms with Crippen molar-refractivity contribution in [1.29, 1.82) is 0 Å². The SMILES string of the molecule is O=C(CCC1=NC=CCN1c1ccnc(-n2ccnc2)n1)NCCc1ccc2c(c1)OCO2. The minimum absolute atomic E-state index is 0.0188. The number of fused-ring (bicyclic) bond motifs is 1. The van der Waals surface area contributed by atoms with Crippen LogP contribution < -0.4 is 19.7 Å². The number of ether oxygens (including phenoxy) is 2. The third-order valence-electron chi connectivity index (χ3n) is 5.32. The fourth-order valence-corrected chi connectivity index (χ4v) is 3.64. The van der Waals surface area contributed by atoms with Gasteiger partial charge in [-0.05, 0) is 36.3 Å². The molecular weight excluding hydrogens is 422 g/mol. The molecule has 0 saturated carbocycles. The number of anilines is 1. The van der Waals surface area contributed by atoms with Crippen LogP contribution in [-0.2, 0) is 11.2 Å². The highest BCUT2D eigenvalue weighted by atomic mass is 16.7. The molecule has 2 aliphatic heterocycles. The standard InChI is InChI=1S/C23H23N7O3/c31-22(26-9-6-17-2-3-18-19(14-17)33-16-32-18)5-4-20-25-8-1-12-30(20)21-7-10-27-23(28-21)29-13-11-24-15-29/h1-3,7-8,10-11,13-15H,4-6,9,12,16H2,(H,26,31). The van der Waals surface area contributed by atoms with Crippen molar-refractivity contribution in [3.05, 3.63) is 67.0 Å². The van der Waals surface area contributed by atoms with Crippen LogP contribution in [0.5, 0.6) is 11.5 Å². The van der Waals surface area contributed by atoms with Crippen molar-refractivity contribution in [2.45, 2.75) is 19.3 Å². The summed E-state index contributed by atoms with van der Waals surface area (Å²) in [5, 5.41) is 2.98. The van der Waals surface area contributed by atoms with E-state index in [2.05, 4.69) is 25.3 Å². The van der Waals surface area contributed by atoms with Crippen LogP contribution in [0.15, 0.2) is 66.5 Å². The third kappa shape index (κ3) is 4.84. The molecular formula is C23H23N7O3. The first kappa shape index (κ1) is 20.7. The van der Waals surface area contributed by atoms with Gasteiger partial charge in [0, 0.05) is 50.7 Å². The predicted molar refractivity (Wildman–Crippen MR) is 122 cm³/mol. The van der Waals surface area contributed by atoms with Gasteiger partial charge in [0.1, 0.15) is 18.0 Å². The van der Waals surface area contributed by atoms with E-state index >= 15 is 0 Å². The molecule has 0 aliphatic carbocycles. The van der Waals surface area contributed by atoms with E-state index in [0.29, 0.717) is 31.9 Å². The summed E-state index contributed by atoms with van der Waals surface area (Å²) >= 11 is 0. The van der Waals surface area contributed by atoms with Crippen molar-refractivity contribution in [2.24, 2.45) is 4.99 Å². The van der Waals surface area contributed by atoms with Crippen LogP contribution in [0.2, 0.25) is 0 Å². The molecule has 3 aromatic rings. The molecule has 1 aromatic carbocycles. The molecule has 10 nitrogen and oxygen atoms in total. The Hall–Kier alpha value is -4.21. The molecule has 1 amide bonds. The van der Waals surface area contributed by atoms with Crippen molar-refractivity contribution in [3.63, 3.8) is 0 Å². The number of aromatic nitrogens is 4. The predicted octanol–water partition coefficient (Wildman–Crippen LogP) is 2.26. The number of benzene rings is 1. The van der Waals surface area contributed by atoms with Gasteiger partial charge in [-0.3, -0.25) is 9.36 Å². The third-order valence-corrected chi connectivity index (χ3v) is 5.32. The van der Waals surface area contributed by atoms with Gasteiger partial charge in [0.05, 0.1) is 0 Å². The van der Waals surface area contributed by atoms with Crippen LogP contribution in [0.25, 0.3) is 5.95 Å². The molecule has 0 radical (unpaired) electrons. The zero-order chi connectivity index (χ0) is 22.5. The second kappa shape index (κ2) is 9.51. The first-order valence-electron chi connectivity index (χ1n) is 10.7. The number of imidazole rings is 1. The number of amides is 1. The van der Waals surface area contributed by atoms with Gasteiger partial charge in [-0.15, -0.1) is 0 Å². The van der Waals surface area contributed by atoms with Crippen molar-refractivity contribution < 1.29 is 14.3 Å². The maximum Gasteiger partial charge on any atom is 0.236 e. The van der Waals surface area contributed by atoms with E-state index in [1.165, 1.54) is 0 Å². The molecule has 0 fully saturated rings. The van der Waals surface area contributed by atoms with Gasteiger partial charge < -0.3 is 19.7 Å². The Morgan fingerprint density at radius 2 is 2.06 bits per heavy atom. The summed E-state index contributed by atoms with van der Waals surface area (Å²) < 4.78 is 12.5. The van der Waals surface area contributed by atoms with E-state index in [0.717, 1.165) is 35.1 Å². The summed E-state index contributed by atoms with van der Waals surface area (Å²) in [4.78, 5) is 31.9. The Bertz CT molecular complexity index is 1190. The number of rotatable bonds is 8. The Labute approximate surface area is 190 Å². The second-order valence-electron chi connectivity index (χ2n) is 7.51. The summed E-state index contributed by atoms with van der Waals surface area (Å²) in [5.74, 6) is 3.53. The van der Waals surface area contributed by atoms with Crippen LogP contribution in [0.3, 0.4) is 0 Å². The van der Waals surface area contributed by atoms with Gasteiger partial charge in [-0.25, -0.2) is 15.0 Å². The maximum absolute atomic E-state index is 12.4. The molecule has 10 heteroatoms. The van der Waals surface area contributed by atoms with E-state index in [-0.39, 0.29) is 12.7 Å². The molecule has 4 heterocycles. The lowest BCUT2D eigenvalue weighted by atomic mass is 10.1. The number of carbonyl (C=O) groups is 1. The van der Waals surface area contributed by atoms with Gasteiger partial charge in [-0.2, -0.15) is 4.98 Å². The lowest BCUT2D eigenvalue weighted by Crippen LogP contribution is -2.35. The topological polar surface area (TPSA) is 107 Å². The van der Waals surface area contributed by atoms with E-state index < -0.39 is 0 Å². The Kier molecular flexibility index (Phi) is 5.96. The molecule has 0 unspecified atom stereocenters. The number of hydrogen-bond donors (Lipinski definition) is 1. The van der Waals surface area contributed by atoms with Gasteiger partial charge in [0.25, 0.3) is 0 Å². The highest BCUT2D eigenvalue weighted by molar-refractivity contribution is 5.99. The summed E-state index contributed by atoms with van der Waals surface area (Å²) in [6, 6.07) is 7.67. The molecule has 1 N–H and O–H groups in total. The molecule has 0 spiro atoms. The molecule has 2 aromatic heterocycles. The molecule has 0 atom stereocenters. The van der Waals surface area contributed by atoms with E-state index in [4.69, 9.17) is 9.47 Å². The van der Waals surface area contributed by atoms with Crippen LogP contribution in [0.4, 0.5) is 5.82 Å². The van der Waals surface area contributed by atoms with Crippen LogP contribution in [-0.4, -0.2) is 51.1 Å². The number of carbonyl (C=O) groups excluding carboxylic acids is 1. The molecule has 168 valence electrons. The van der Waals surface area contributed by atoms with Crippen molar-refractivity contribution in [2.75, 3.05) is 24.8 Å². The Morgan fingerprint density at radius 1 is 1.12 bits per heavy atom. The number of aliphatic imine (C=N–C) groups is 1. The maximum atomic E-state index is 12.4. The van der Waals surface area contributed by atoms with Gasteiger partial charge in [0.15, 0.2) is 11.5 Å². The minimum Gasteiger partial charge on any atom is -0.454 e. The molecule has 0 saturated heterocycles. The summed E-state index contributed by atoms with van der Waals surface area (Å²) in [7, 11) is 0. The highest BCUT2D eigenvalue weighted by Gasteiger charge is 2.18. The second-order valence-corrected chi connectivity index (χ2v) is 7.51. The number of nitrogens with zero attached hydrogens (tertiary/aromatic N) is 6. The van der Waals surface area contributed by atoms with E-state index in [9.17, 15) is 4.79 Å². The van der Waals surface area contributed by atoms with Crippen LogP contribution >= 0.6 is 0 Å². The molecule has 33 heavy (non-hydrogen) atoms.